The summed E-state index contributed by atoms with van der Waals surface area (Å²) in [6, 6.07) is 4.52. The Morgan fingerprint density at radius 3 is 2.86 bits per heavy atom. The van der Waals surface area contributed by atoms with Gasteiger partial charge in [-0.25, -0.2) is 4.39 Å². The maximum absolute atomic E-state index is 13.0. The molecule has 1 heterocycles. The van der Waals surface area contributed by atoms with E-state index in [1.54, 1.807) is 6.07 Å². The van der Waals surface area contributed by atoms with Gasteiger partial charge in [-0.1, -0.05) is 6.07 Å². The number of rotatable bonds is 1. The quantitative estimate of drug-likeness (QED) is 0.783. The molecule has 72 valence electrons. The third-order valence-corrected chi connectivity index (χ3v) is 2.42. The molecule has 0 atom stereocenters. The first-order valence-corrected chi connectivity index (χ1v) is 4.80. The van der Waals surface area contributed by atoms with Gasteiger partial charge >= 0.3 is 0 Å². The van der Waals surface area contributed by atoms with E-state index in [2.05, 4.69) is 9.36 Å². The number of halogens is 1. The van der Waals surface area contributed by atoms with Gasteiger partial charge in [-0.15, -0.1) is 0 Å². The van der Waals surface area contributed by atoms with E-state index in [0.29, 0.717) is 16.5 Å². The SMILES string of the molecule is Cc1ccc(F)cc1-c1nsc(N)n1. The minimum atomic E-state index is -0.293. The Kier molecular flexibility index (Phi) is 2.17. The Morgan fingerprint density at radius 2 is 2.21 bits per heavy atom. The first-order chi connectivity index (χ1) is 6.66. The molecule has 0 fully saturated rings. The van der Waals surface area contributed by atoms with Gasteiger partial charge in [0, 0.05) is 17.1 Å². The summed E-state index contributed by atoms with van der Waals surface area (Å²) in [6.07, 6.45) is 0. The van der Waals surface area contributed by atoms with Crippen LogP contribution in [0.3, 0.4) is 0 Å². The second-order valence-electron chi connectivity index (χ2n) is 2.92. The van der Waals surface area contributed by atoms with Crippen molar-refractivity contribution in [3.8, 4) is 11.4 Å². The van der Waals surface area contributed by atoms with Gasteiger partial charge < -0.3 is 5.73 Å². The monoisotopic (exact) mass is 209 g/mol. The van der Waals surface area contributed by atoms with Crippen LogP contribution in [0.4, 0.5) is 9.52 Å². The predicted octanol–water partition coefficient (Wildman–Crippen LogP) is 2.23. The summed E-state index contributed by atoms with van der Waals surface area (Å²) in [5.74, 6) is 0.198. The molecule has 0 saturated carbocycles. The minimum absolute atomic E-state index is 0.293. The molecule has 0 aliphatic carbocycles. The van der Waals surface area contributed by atoms with Crippen molar-refractivity contribution in [2.75, 3.05) is 5.73 Å². The summed E-state index contributed by atoms with van der Waals surface area (Å²) in [5, 5.41) is 0.392. The number of aromatic nitrogens is 2. The fraction of sp³-hybridized carbons (Fsp3) is 0.111. The third-order valence-electron chi connectivity index (χ3n) is 1.88. The van der Waals surface area contributed by atoms with E-state index < -0.39 is 0 Å². The highest BCUT2D eigenvalue weighted by atomic mass is 32.1. The molecule has 0 aliphatic heterocycles. The molecule has 3 nitrogen and oxygen atoms in total. The number of hydrogen-bond donors (Lipinski definition) is 1. The van der Waals surface area contributed by atoms with Gasteiger partial charge in [0.1, 0.15) is 5.82 Å². The smallest absolute Gasteiger partial charge is 0.200 e. The Balaban J connectivity index is 2.55. The van der Waals surface area contributed by atoms with Crippen molar-refractivity contribution in [2.45, 2.75) is 6.92 Å². The topological polar surface area (TPSA) is 51.8 Å². The van der Waals surface area contributed by atoms with Gasteiger partial charge in [0.15, 0.2) is 11.0 Å². The lowest BCUT2D eigenvalue weighted by Crippen LogP contribution is -1.88. The van der Waals surface area contributed by atoms with Crippen molar-refractivity contribution < 1.29 is 4.39 Å². The van der Waals surface area contributed by atoms with Crippen LogP contribution in [0.5, 0.6) is 0 Å². The van der Waals surface area contributed by atoms with Crippen LogP contribution >= 0.6 is 11.5 Å². The largest absolute Gasteiger partial charge is 0.374 e. The zero-order valence-corrected chi connectivity index (χ0v) is 8.31. The van der Waals surface area contributed by atoms with E-state index in [4.69, 9.17) is 5.73 Å². The van der Waals surface area contributed by atoms with Crippen LogP contribution in [0.2, 0.25) is 0 Å². The van der Waals surface area contributed by atoms with E-state index in [0.717, 1.165) is 17.1 Å². The van der Waals surface area contributed by atoms with Crippen LogP contribution in [0.25, 0.3) is 11.4 Å². The van der Waals surface area contributed by atoms with E-state index in [1.165, 1.54) is 12.1 Å². The van der Waals surface area contributed by atoms with Crippen molar-refractivity contribution in [2.24, 2.45) is 0 Å². The van der Waals surface area contributed by atoms with E-state index in [-0.39, 0.29) is 5.82 Å². The van der Waals surface area contributed by atoms with Crippen molar-refractivity contribution in [1.82, 2.24) is 9.36 Å². The molecule has 0 spiro atoms. The van der Waals surface area contributed by atoms with Crippen molar-refractivity contribution >= 4 is 16.7 Å². The minimum Gasteiger partial charge on any atom is -0.374 e. The Bertz CT molecular complexity index is 467. The number of anilines is 1. The zero-order chi connectivity index (χ0) is 10.1. The molecular formula is C9H8FN3S. The second kappa shape index (κ2) is 3.34. The van der Waals surface area contributed by atoms with Gasteiger partial charge in [0.05, 0.1) is 0 Å². The molecular weight excluding hydrogens is 201 g/mol. The molecule has 5 heteroatoms. The molecule has 14 heavy (non-hydrogen) atoms. The Morgan fingerprint density at radius 1 is 1.43 bits per heavy atom. The van der Waals surface area contributed by atoms with E-state index in [1.807, 2.05) is 6.92 Å². The second-order valence-corrected chi connectivity index (χ2v) is 3.70. The number of benzene rings is 1. The fourth-order valence-corrected chi connectivity index (χ4v) is 1.63. The normalized spacial score (nSPS) is 10.4. The molecule has 0 saturated heterocycles. The number of aryl methyl sites for hydroxylation is 1. The van der Waals surface area contributed by atoms with Crippen LogP contribution in [-0.4, -0.2) is 9.36 Å². The fourth-order valence-electron chi connectivity index (χ4n) is 1.18. The van der Waals surface area contributed by atoms with E-state index >= 15 is 0 Å². The Hall–Kier alpha value is -1.49. The maximum Gasteiger partial charge on any atom is 0.200 e. The molecule has 0 bridgehead atoms. The predicted molar refractivity (Wildman–Crippen MR) is 54.5 cm³/mol. The summed E-state index contributed by atoms with van der Waals surface area (Å²) in [5.41, 5.74) is 7.08. The van der Waals surface area contributed by atoms with Crippen molar-refractivity contribution in [3.05, 3.63) is 29.6 Å². The molecule has 0 aliphatic rings. The average Bonchev–Trinajstić information content (AvgIpc) is 2.56. The molecule has 1 aromatic heterocycles. The van der Waals surface area contributed by atoms with Gasteiger partial charge in [-0.05, 0) is 24.6 Å². The van der Waals surface area contributed by atoms with Crippen molar-refractivity contribution in [3.63, 3.8) is 0 Å². The lowest BCUT2D eigenvalue weighted by Gasteiger charge is -2.00. The molecule has 0 radical (unpaired) electrons. The molecule has 2 aromatic rings. The maximum atomic E-state index is 13.0. The molecule has 0 amide bonds. The molecule has 1 aromatic carbocycles. The van der Waals surface area contributed by atoms with Crippen LogP contribution in [0.1, 0.15) is 5.56 Å². The number of nitrogen functional groups attached to an aromatic ring is 1. The number of nitrogens with zero attached hydrogens (tertiary/aromatic N) is 2. The molecule has 2 N–H and O–H groups in total. The van der Waals surface area contributed by atoms with Crippen LogP contribution in [0, 0.1) is 12.7 Å². The summed E-state index contributed by atoms with van der Waals surface area (Å²) in [7, 11) is 0. The summed E-state index contributed by atoms with van der Waals surface area (Å²) < 4.78 is 17.0. The van der Waals surface area contributed by atoms with Gasteiger partial charge in [0.25, 0.3) is 0 Å². The summed E-state index contributed by atoms with van der Waals surface area (Å²) in [6.45, 7) is 1.88. The van der Waals surface area contributed by atoms with E-state index in [9.17, 15) is 4.39 Å². The van der Waals surface area contributed by atoms with Crippen molar-refractivity contribution in [1.29, 1.82) is 0 Å². The highest BCUT2D eigenvalue weighted by Crippen LogP contribution is 2.23. The van der Waals surface area contributed by atoms with Crippen LogP contribution in [0.15, 0.2) is 18.2 Å². The third kappa shape index (κ3) is 1.58. The zero-order valence-electron chi connectivity index (χ0n) is 7.49. The first-order valence-electron chi connectivity index (χ1n) is 4.02. The molecule has 0 unspecified atom stereocenters. The first kappa shape index (κ1) is 9.08. The lowest BCUT2D eigenvalue weighted by atomic mass is 10.1. The summed E-state index contributed by atoms with van der Waals surface area (Å²) >= 11 is 1.11. The van der Waals surface area contributed by atoms with Crippen LogP contribution in [-0.2, 0) is 0 Å². The standard InChI is InChI=1S/C9H8FN3S/c1-5-2-3-6(10)4-7(5)8-12-9(11)14-13-8/h2-4H,1H3,(H2,11,12,13). The van der Waals surface area contributed by atoms with Gasteiger partial charge in [-0.2, -0.15) is 9.36 Å². The highest BCUT2D eigenvalue weighted by Gasteiger charge is 2.08. The lowest BCUT2D eigenvalue weighted by molar-refractivity contribution is 0.628. The van der Waals surface area contributed by atoms with Crippen LogP contribution < -0.4 is 5.73 Å². The van der Waals surface area contributed by atoms with Gasteiger partial charge in [0.2, 0.25) is 0 Å². The van der Waals surface area contributed by atoms with Gasteiger partial charge in [-0.3, -0.25) is 0 Å². The Labute approximate surface area is 84.6 Å². The average molecular weight is 209 g/mol. The number of nitrogens with two attached hydrogens (primary N) is 1. The summed E-state index contributed by atoms with van der Waals surface area (Å²) in [4.78, 5) is 4.00. The molecule has 2 rings (SSSR count). The highest BCUT2D eigenvalue weighted by molar-refractivity contribution is 7.09. The number of hydrogen-bond acceptors (Lipinski definition) is 4.